The molecule has 1 saturated carbocycles. The maximum atomic E-state index is 12.3. The molecule has 1 heterocycles. The zero-order valence-corrected chi connectivity index (χ0v) is 11.5. The van der Waals surface area contributed by atoms with Gasteiger partial charge >= 0.3 is 0 Å². The second-order valence-corrected chi connectivity index (χ2v) is 6.48. The molecule has 1 amide bonds. The minimum absolute atomic E-state index is 0.342. The summed E-state index contributed by atoms with van der Waals surface area (Å²) >= 11 is 3.64. The van der Waals surface area contributed by atoms with Gasteiger partial charge in [-0.1, -0.05) is 41.6 Å². The van der Waals surface area contributed by atoms with Gasteiger partial charge in [0.1, 0.15) is 0 Å². The van der Waals surface area contributed by atoms with Crippen molar-refractivity contribution in [3.8, 4) is 0 Å². The van der Waals surface area contributed by atoms with Crippen molar-refractivity contribution in [2.24, 2.45) is 5.92 Å². The number of piperidine rings is 1. The molecule has 16 heavy (non-hydrogen) atoms. The van der Waals surface area contributed by atoms with Crippen molar-refractivity contribution in [2.75, 3.05) is 13.1 Å². The van der Waals surface area contributed by atoms with Crippen LogP contribution in [0.1, 0.15) is 51.4 Å². The molecular formula is C13H22BrNO. The Morgan fingerprint density at radius 1 is 0.938 bits per heavy atom. The van der Waals surface area contributed by atoms with Gasteiger partial charge in [0.25, 0.3) is 0 Å². The first-order valence-corrected chi connectivity index (χ1v) is 7.62. The van der Waals surface area contributed by atoms with Gasteiger partial charge in [-0.15, -0.1) is 0 Å². The van der Waals surface area contributed by atoms with Gasteiger partial charge in [-0.2, -0.15) is 0 Å². The summed E-state index contributed by atoms with van der Waals surface area (Å²) in [5, 5.41) is 0. The van der Waals surface area contributed by atoms with Crippen LogP contribution in [0.2, 0.25) is 0 Å². The quantitative estimate of drug-likeness (QED) is 0.535. The summed E-state index contributed by atoms with van der Waals surface area (Å²) in [6.45, 7) is 1.93. The number of amides is 1. The number of carbonyl (C=O) groups excluding carboxylic acids is 1. The van der Waals surface area contributed by atoms with Crippen molar-refractivity contribution in [1.82, 2.24) is 4.90 Å². The SMILES string of the molecule is O=C(C1CCCCCC1)N1CCC(Br)CC1. The first-order valence-electron chi connectivity index (χ1n) is 6.70. The summed E-state index contributed by atoms with van der Waals surface area (Å²) in [6, 6.07) is 0. The molecule has 0 N–H and O–H groups in total. The lowest BCUT2D eigenvalue weighted by Gasteiger charge is -2.32. The largest absolute Gasteiger partial charge is 0.342 e. The molecule has 0 aromatic carbocycles. The molecule has 1 aliphatic heterocycles. The van der Waals surface area contributed by atoms with Crippen LogP contribution >= 0.6 is 15.9 Å². The number of halogens is 1. The molecule has 92 valence electrons. The lowest BCUT2D eigenvalue weighted by Crippen LogP contribution is -2.41. The molecule has 0 atom stereocenters. The molecule has 2 fully saturated rings. The predicted octanol–water partition coefficient (Wildman–Crippen LogP) is 3.34. The van der Waals surface area contributed by atoms with Gasteiger partial charge in [0.15, 0.2) is 0 Å². The van der Waals surface area contributed by atoms with E-state index in [0.717, 1.165) is 38.8 Å². The smallest absolute Gasteiger partial charge is 0.225 e. The van der Waals surface area contributed by atoms with Gasteiger partial charge < -0.3 is 4.90 Å². The zero-order valence-electron chi connectivity index (χ0n) is 9.96. The topological polar surface area (TPSA) is 20.3 Å². The van der Waals surface area contributed by atoms with Gasteiger partial charge in [-0.05, 0) is 25.7 Å². The fraction of sp³-hybridized carbons (Fsp3) is 0.923. The van der Waals surface area contributed by atoms with E-state index in [1.807, 2.05) is 0 Å². The second kappa shape index (κ2) is 6.04. The van der Waals surface area contributed by atoms with E-state index in [1.54, 1.807) is 0 Å². The number of carbonyl (C=O) groups is 1. The van der Waals surface area contributed by atoms with Crippen molar-refractivity contribution in [2.45, 2.75) is 56.2 Å². The average Bonchev–Trinajstić information content (AvgIpc) is 2.57. The normalized spacial score (nSPS) is 25.4. The average molecular weight is 288 g/mol. The molecule has 1 saturated heterocycles. The monoisotopic (exact) mass is 287 g/mol. The Morgan fingerprint density at radius 2 is 1.50 bits per heavy atom. The van der Waals surface area contributed by atoms with Gasteiger partial charge in [0.05, 0.1) is 0 Å². The Bertz CT molecular complexity index is 228. The van der Waals surface area contributed by atoms with Crippen LogP contribution in [0.15, 0.2) is 0 Å². The third kappa shape index (κ3) is 3.22. The van der Waals surface area contributed by atoms with E-state index in [9.17, 15) is 4.79 Å². The molecule has 0 unspecified atom stereocenters. The van der Waals surface area contributed by atoms with Crippen LogP contribution in [0.5, 0.6) is 0 Å². The van der Waals surface area contributed by atoms with Gasteiger partial charge in [-0.3, -0.25) is 4.79 Å². The molecule has 2 rings (SSSR count). The maximum Gasteiger partial charge on any atom is 0.225 e. The highest BCUT2D eigenvalue weighted by molar-refractivity contribution is 9.09. The van der Waals surface area contributed by atoms with Crippen LogP contribution in [0.3, 0.4) is 0 Å². The molecule has 1 aliphatic carbocycles. The molecule has 0 aromatic rings. The van der Waals surface area contributed by atoms with Crippen LogP contribution in [0.4, 0.5) is 0 Å². The standard InChI is InChI=1S/C13H22BrNO/c14-12-7-9-15(10-8-12)13(16)11-5-3-1-2-4-6-11/h11-12H,1-10H2. The van der Waals surface area contributed by atoms with Crippen LogP contribution < -0.4 is 0 Å². The van der Waals surface area contributed by atoms with E-state index in [2.05, 4.69) is 20.8 Å². The summed E-state index contributed by atoms with van der Waals surface area (Å²) in [5.41, 5.74) is 0. The highest BCUT2D eigenvalue weighted by atomic mass is 79.9. The highest BCUT2D eigenvalue weighted by Crippen LogP contribution is 2.26. The lowest BCUT2D eigenvalue weighted by atomic mass is 9.97. The van der Waals surface area contributed by atoms with Crippen molar-refractivity contribution >= 4 is 21.8 Å². The minimum atomic E-state index is 0.342. The van der Waals surface area contributed by atoms with Gasteiger partial charge in [0.2, 0.25) is 5.91 Å². The van der Waals surface area contributed by atoms with Crippen LogP contribution in [-0.2, 0) is 4.79 Å². The number of nitrogens with zero attached hydrogens (tertiary/aromatic N) is 1. The molecule has 0 aromatic heterocycles. The summed E-state index contributed by atoms with van der Waals surface area (Å²) in [6.07, 6.45) is 9.67. The van der Waals surface area contributed by atoms with Crippen molar-refractivity contribution in [3.05, 3.63) is 0 Å². The van der Waals surface area contributed by atoms with Crippen LogP contribution in [0, 0.1) is 5.92 Å². The summed E-state index contributed by atoms with van der Waals surface area (Å²) in [4.78, 5) is 15.1. The van der Waals surface area contributed by atoms with E-state index in [0.29, 0.717) is 16.7 Å². The van der Waals surface area contributed by atoms with E-state index in [-0.39, 0.29) is 0 Å². The Kier molecular flexibility index (Phi) is 4.68. The number of likely N-dealkylation sites (tertiary alicyclic amines) is 1. The van der Waals surface area contributed by atoms with E-state index < -0.39 is 0 Å². The predicted molar refractivity (Wildman–Crippen MR) is 69.7 cm³/mol. The molecule has 0 spiro atoms. The number of hydrogen-bond acceptors (Lipinski definition) is 1. The third-order valence-electron chi connectivity index (χ3n) is 3.94. The second-order valence-electron chi connectivity index (χ2n) is 5.19. The number of alkyl halides is 1. The Hall–Kier alpha value is -0.0500. The van der Waals surface area contributed by atoms with Crippen molar-refractivity contribution < 1.29 is 4.79 Å². The third-order valence-corrected chi connectivity index (χ3v) is 4.86. The van der Waals surface area contributed by atoms with E-state index >= 15 is 0 Å². The molecule has 3 heteroatoms. The summed E-state index contributed by atoms with van der Waals surface area (Å²) in [7, 11) is 0. The molecule has 0 radical (unpaired) electrons. The van der Waals surface area contributed by atoms with Crippen LogP contribution in [-0.4, -0.2) is 28.7 Å². The fourth-order valence-corrected chi connectivity index (χ4v) is 3.26. The van der Waals surface area contributed by atoms with E-state index in [1.165, 1.54) is 25.7 Å². The summed E-state index contributed by atoms with van der Waals surface area (Å²) < 4.78 is 0. The Balaban J connectivity index is 1.85. The van der Waals surface area contributed by atoms with E-state index in [4.69, 9.17) is 0 Å². The maximum absolute atomic E-state index is 12.3. The Labute approximate surface area is 107 Å². The molecule has 2 aliphatic rings. The number of hydrogen-bond donors (Lipinski definition) is 0. The summed E-state index contributed by atoms with van der Waals surface area (Å²) in [5.74, 6) is 0.788. The van der Waals surface area contributed by atoms with Crippen molar-refractivity contribution in [3.63, 3.8) is 0 Å². The lowest BCUT2D eigenvalue weighted by molar-refractivity contribution is -0.136. The van der Waals surface area contributed by atoms with Gasteiger partial charge in [0, 0.05) is 23.8 Å². The highest BCUT2D eigenvalue weighted by Gasteiger charge is 2.27. The van der Waals surface area contributed by atoms with Gasteiger partial charge in [-0.25, -0.2) is 0 Å². The zero-order chi connectivity index (χ0) is 11.4. The first-order chi connectivity index (χ1) is 7.77. The molecular weight excluding hydrogens is 266 g/mol. The minimum Gasteiger partial charge on any atom is -0.342 e. The molecule has 2 nitrogen and oxygen atoms in total. The van der Waals surface area contributed by atoms with Crippen molar-refractivity contribution in [1.29, 1.82) is 0 Å². The number of rotatable bonds is 1. The molecule has 0 bridgehead atoms. The fourth-order valence-electron chi connectivity index (χ4n) is 2.85. The Morgan fingerprint density at radius 3 is 2.06 bits per heavy atom. The van der Waals surface area contributed by atoms with Crippen LogP contribution in [0.25, 0.3) is 0 Å². The first kappa shape index (κ1) is 12.4.